The number of anilines is 2. The molecule has 1 heterocycles. The molecule has 10 nitrogen and oxygen atoms in total. The zero-order valence-electron chi connectivity index (χ0n) is 22.5. The van der Waals surface area contributed by atoms with E-state index in [4.69, 9.17) is 13.7 Å². The van der Waals surface area contributed by atoms with Crippen molar-refractivity contribution in [2.45, 2.75) is 55.2 Å². The van der Waals surface area contributed by atoms with Gasteiger partial charge in [0.15, 0.2) is 0 Å². The van der Waals surface area contributed by atoms with Gasteiger partial charge in [-0.1, -0.05) is 0 Å². The summed E-state index contributed by atoms with van der Waals surface area (Å²) in [6.45, 7) is 5.95. The lowest BCUT2D eigenvalue weighted by molar-refractivity contribution is 0.0636. The summed E-state index contributed by atoms with van der Waals surface area (Å²) in [5.74, 6) is -1.22. The summed E-state index contributed by atoms with van der Waals surface area (Å²) in [5.41, 5.74) is -0.551. The number of benzene rings is 3. The van der Waals surface area contributed by atoms with E-state index in [-0.39, 0.29) is 26.9 Å². The Bertz CT molecular complexity index is 1640. The van der Waals surface area contributed by atoms with Crippen molar-refractivity contribution >= 4 is 37.6 Å². The lowest BCUT2D eigenvalue weighted by atomic mass is 10.1. The molecule has 0 radical (unpaired) electrons. The molecule has 0 saturated heterocycles. The predicted molar refractivity (Wildman–Crippen MR) is 146 cm³/mol. The van der Waals surface area contributed by atoms with Crippen LogP contribution in [0.3, 0.4) is 0 Å². The van der Waals surface area contributed by atoms with Crippen molar-refractivity contribution in [1.82, 2.24) is 0 Å². The number of carbonyl (C=O) groups is 1. The van der Waals surface area contributed by atoms with E-state index in [1.165, 1.54) is 25.1 Å². The normalized spacial score (nSPS) is 17.4. The zero-order valence-corrected chi connectivity index (χ0v) is 24.1. The molecule has 220 valence electrons. The van der Waals surface area contributed by atoms with Crippen LogP contribution in [0.5, 0.6) is 5.75 Å². The molecule has 4 rings (SSSR count). The Morgan fingerprint density at radius 3 is 2.05 bits per heavy atom. The highest BCUT2D eigenvalue weighted by Gasteiger charge is 2.41. The number of ether oxygens (including phenoxy) is 2. The molecular weight excluding hydrogens is 582 g/mol. The Morgan fingerprint density at radius 1 is 0.927 bits per heavy atom. The quantitative estimate of drug-likeness (QED) is 0.368. The van der Waals surface area contributed by atoms with Crippen molar-refractivity contribution in [3.05, 3.63) is 78.4 Å². The van der Waals surface area contributed by atoms with Gasteiger partial charge >= 0.3 is 6.09 Å². The van der Waals surface area contributed by atoms with Crippen LogP contribution in [-0.4, -0.2) is 47.3 Å². The average Bonchev–Trinajstić information content (AvgIpc) is 2.87. The summed E-state index contributed by atoms with van der Waals surface area (Å²) >= 11 is 0. The molecule has 3 aromatic rings. The van der Waals surface area contributed by atoms with E-state index in [1.54, 1.807) is 20.8 Å². The fourth-order valence-electron chi connectivity index (χ4n) is 3.99. The lowest BCUT2D eigenvalue weighted by Crippen LogP contribution is -2.52. The van der Waals surface area contributed by atoms with Gasteiger partial charge in [0.05, 0.1) is 21.5 Å². The Kier molecular flexibility index (Phi) is 8.30. The summed E-state index contributed by atoms with van der Waals surface area (Å²) in [6.07, 6.45) is -1.90. The second kappa shape index (κ2) is 11.3. The van der Waals surface area contributed by atoms with Gasteiger partial charge in [0.1, 0.15) is 35.7 Å². The zero-order chi connectivity index (χ0) is 30.2. The van der Waals surface area contributed by atoms with Gasteiger partial charge in [-0.2, -0.15) is 8.42 Å². The van der Waals surface area contributed by atoms with Gasteiger partial charge in [-0.15, -0.1) is 0 Å². The topological polar surface area (TPSA) is 128 Å². The number of amides is 1. The smallest absolute Gasteiger partial charge is 0.412 e. The number of sulfonamides is 1. The first-order chi connectivity index (χ1) is 19.1. The molecule has 2 unspecified atom stereocenters. The van der Waals surface area contributed by atoms with Crippen molar-refractivity contribution in [2.75, 3.05) is 16.2 Å². The third kappa shape index (κ3) is 6.94. The first kappa shape index (κ1) is 30.2. The molecule has 14 heteroatoms. The van der Waals surface area contributed by atoms with Gasteiger partial charge in [0.25, 0.3) is 20.1 Å². The number of carbonyl (C=O) groups excluding carboxylic acids is 1. The van der Waals surface area contributed by atoms with E-state index < -0.39 is 62.2 Å². The van der Waals surface area contributed by atoms with Crippen LogP contribution in [0.2, 0.25) is 0 Å². The van der Waals surface area contributed by atoms with E-state index >= 15 is 0 Å². The maximum atomic E-state index is 13.8. The minimum absolute atomic E-state index is 0.0352. The van der Waals surface area contributed by atoms with Crippen LogP contribution in [0, 0.1) is 11.6 Å². The second-order valence-corrected chi connectivity index (χ2v) is 13.6. The molecule has 0 fully saturated rings. The minimum Gasteiger partial charge on any atom is -0.484 e. The predicted octanol–water partition coefficient (Wildman–Crippen LogP) is 5.06. The Balaban J connectivity index is 1.69. The fourth-order valence-corrected chi connectivity index (χ4v) is 6.59. The number of hydrogen-bond acceptors (Lipinski definition) is 8. The molecule has 0 spiro atoms. The average molecular weight is 611 g/mol. The van der Waals surface area contributed by atoms with Crippen LogP contribution in [0.1, 0.15) is 27.7 Å². The van der Waals surface area contributed by atoms with Crippen LogP contribution in [0.4, 0.5) is 25.0 Å². The largest absolute Gasteiger partial charge is 0.484 e. The molecular formula is C27H28F2N2O8S2. The third-order valence-electron chi connectivity index (χ3n) is 5.89. The van der Waals surface area contributed by atoms with Gasteiger partial charge in [0, 0.05) is 5.69 Å². The van der Waals surface area contributed by atoms with Gasteiger partial charge in [0.2, 0.25) is 0 Å². The number of halogens is 2. The fraction of sp³-hybridized carbons (Fsp3) is 0.296. The molecule has 1 amide bonds. The number of rotatable bonds is 7. The highest BCUT2D eigenvalue weighted by Crippen LogP contribution is 2.42. The van der Waals surface area contributed by atoms with Gasteiger partial charge in [-0.25, -0.2) is 22.0 Å². The van der Waals surface area contributed by atoms with Crippen LogP contribution >= 0.6 is 0 Å². The van der Waals surface area contributed by atoms with Gasteiger partial charge in [-0.05, 0) is 94.4 Å². The van der Waals surface area contributed by atoms with Crippen LogP contribution in [-0.2, 0) is 29.1 Å². The highest BCUT2D eigenvalue weighted by atomic mass is 32.2. The van der Waals surface area contributed by atoms with Crippen LogP contribution < -0.4 is 14.4 Å². The van der Waals surface area contributed by atoms with Crippen molar-refractivity contribution in [3.63, 3.8) is 0 Å². The first-order valence-electron chi connectivity index (χ1n) is 12.3. The van der Waals surface area contributed by atoms with Gasteiger partial charge < -0.3 is 9.47 Å². The molecule has 1 N–H and O–H groups in total. The summed E-state index contributed by atoms with van der Waals surface area (Å²) in [4.78, 5) is 11.8. The van der Waals surface area contributed by atoms with E-state index in [0.717, 1.165) is 52.8 Å². The Hall–Kier alpha value is -3.75. The van der Waals surface area contributed by atoms with Crippen molar-refractivity contribution in [1.29, 1.82) is 0 Å². The molecule has 1 aliphatic rings. The molecule has 3 aromatic carbocycles. The van der Waals surface area contributed by atoms with Crippen molar-refractivity contribution < 1.29 is 44.1 Å². The number of fused-ring (bicyclic) bond motifs is 1. The van der Waals surface area contributed by atoms with Crippen molar-refractivity contribution in [3.8, 4) is 5.75 Å². The number of hydrogen-bond donors (Lipinski definition) is 1. The first-order valence-corrected chi connectivity index (χ1v) is 15.2. The van der Waals surface area contributed by atoms with E-state index in [1.807, 2.05) is 0 Å². The van der Waals surface area contributed by atoms with E-state index in [2.05, 4.69) is 5.32 Å². The van der Waals surface area contributed by atoms with E-state index in [0.29, 0.717) is 0 Å². The van der Waals surface area contributed by atoms with Crippen LogP contribution in [0.15, 0.2) is 76.5 Å². The van der Waals surface area contributed by atoms with Gasteiger partial charge in [-0.3, -0.25) is 13.8 Å². The lowest BCUT2D eigenvalue weighted by Gasteiger charge is -2.40. The SMILES string of the molecule is CC1C(COS(=O)(=O)c2ccc(F)cc2)Oc2ccc(NC(=O)OC(C)(C)C)cc2N1S(=O)(=O)c1ccc(F)cc1. The highest BCUT2D eigenvalue weighted by molar-refractivity contribution is 7.92. The molecule has 2 atom stereocenters. The van der Waals surface area contributed by atoms with Crippen LogP contribution in [0.25, 0.3) is 0 Å². The summed E-state index contributed by atoms with van der Waals surface area (Å²) in [6, 6.07) is 11.4. The van der Waals surface area contributed by atoms with E-state index in [9.17, 15) is 30.4 Å². The second-order valence-electron chi connectivity index (χ2n) is 10.2. The molecule has 0 bridgehead atoms. The molecule has 0 aromatic heterocycles. The minimum atomic E-state index is -4.36. The Morgan fingerprint density at radius 2 is 1.49 bits per heavy atom. The summed E-state index contributed by atoms with van der Waals surface area (Å²) in [7, 11) is -8.70. The summed E-state index contributed by atoms with van der Waals surface area (Å²) < 4.78 is 97.3. The Labute approximate surface area is 237 Å². The standard InChI is InChI=1S/C27H28F2N2O8S2/c1-17-25(16-37-41(35,36)22-12-7-19(29)8-13-22)38-24-14-9-20(30-26(32)39-27(2,3)4)15-23(24)31(17)40(33,34)21-10-5-18(28)6-11-21/h5-15,17,25H,16H2,1-4H3,(H,30,32). The molecule has 1 aliphatic heterocycles. The monoisotopic (exact) mass is 610 g/mol. The molecule has 0 aliphatic carbocycles. The molecule has 0 saturated carbocycles. The number of nitrogens with one attached hydrogen (secondary N) is 1. The number of nitrogens with zero attached hydrogens (tertiary/aromatic N) is 1. The molecule has 41 heavy (non-hydrogen) atoms. The summed E-state index contributed by atoms with van der Waals surface area (Å²) in [5, 5.41) is 2.54. The maximum Gasteiger partial charge on any atom is 0.412 e. The third-order valence-corrected chi connectivity index (χ3v) is 9.10. The van der Waals surface area contributed by atoms with Crippen molar-refractivity contribution in [2.24, 2.45) is 0 Å². The maximum absolute atomic E-state index is 13.8.